The van der Waals surface area contributed by atoms with E-state index in [9.17, 15) is 13.6 Å². The maximum absolute atomic E-state index is 13.1. The Hall–Kier alpha value is -3.41. The van der Waals surface area contributed by atoms with Crippen molar-refractivity contribution in [3.8, 4) is 11.5 Å². The first-order chi connectivity index (χ1) is 15.5. The monoisotopic (exact) mass is 466 g/mol. The summed E-state index contributed by atoms with van der Waals surface area (Å²) in [5.41, 5.74) is 0.591. The summed E-state index contributed by atoms with van der Waals surface area (Å²) in [6.45, 7) is 2.25. The zero-order valence-electron chi connectivity index (χ0n) is 17.4. The molecular weight excluding hydrogens is 446 g/mol. The van der Waals surface area contributed by atoms with E-state index in [1.165, 1.54) is 19.4 Å². The number of hydrogen-bond acceptors (Lipinski definition) is 9. The first-order valence-electron chi connectivity index (χ1n) is 9.35. The third kappa shape index (κ3) is 5.44. The highest BCUT2D eigenvalue weighted by molar-refractivity contribution is 7.98. The molecule has 3 aromatic rings. The van der Waals surface area contributed by atoms with Gasteiger partial charge in [0.15, 0.2) is 11.5 Å². The van der Waals surface area contributed by atoms with Crippen LogP contribution >= 0.6 is 11.8 Å². The van der Waals surface area contributed by atoms with Crippen LogP contribution in [0.5, 0.6) is 11.5 Å². The van der Waals surface area contributed by atoms with Crippen molar-refractivity contribution in [2.24, 2.45) is 5.10 Å². The maximum atomic E-state index is 13.1. The van der Waals surface area contributed by atoms with Crippen LogP contribution in [-0.2, 0) is 11.3 Å². The van der Waals surface area contributed by atoms with Crippen molar-refractivity contribution in [3.05, 3.63) is 53.2 Å². The molecule has 1 aromatic carbocycles. The molecule has 0 radical (unpaired) electrons. The number of thioether (sulfide) groups is 1. The molecule has 0 spiro atoms. The SMILES string of the molecule is CCOc1cc(C=Nn2c(SC)nnc2C(F)F)ccc1OCc1ccc(C(=O)OC)o1. The second kappa shape index (κ2) is 10.8. The number of nitrogens with zero attached hydrogens (tertiary/aromatic N) is 4. The summed E-state index contributed by atoms with van der Waals surface area (Å²) in [5.74, 6) is 0.240. The lowest BCUT2D eigenvalue weighted by molar-refractivity contribution is 0.0560. The minimum absolute atomic E-state index is 0.0556. The van der Waals surface area contributed by atoms with Gasteiger partial charge < -0.3 is 18.6 Å². The van der Waals surface area contributed by atoms with Gasteiger partial charge in [-0.05, 0) is 49.1 Å². The summed E-state index contributed by atoms with van der Waals surface area (Å²) in [6.07, 6.45) is 0.283. The molecule has 0 fully saturated rings. The standard InChI is InChI=1S/C20H20F2N4O5S/c1-4-29-16-9-12(10-23-26-18(17(21)22)24-25-20(26)32-3)5-7-14(16)30-11-13-6-8-15(31-13)19(27)28-2/h5-10,17H,4,11H2,1-3H3. The minimum atomic E-state index is -2.81. The molecule has 2 heterocycles. The van der Waals surface area contributed by atoms with Gasteiger partial charge in [0.1, 0.15) is 12.4 Å². The molecule has 0 unspecified atom stereocenters. The Kier molecular flexibility index (Phi) is 7.82. The van der Waals surface area contributed by atoms with Crippen LogP contribution in [-0.4, -0.2) is 47.0 Å². The van der Waals surface area contributed by atoms with Gasteiger partial charge >= 0.3 is 5.97 Å². The maximum Gasteiger partial charge on any atom is 0.373 e. The first kappa shape index (κ1) is 23.3. The molecule has 170 valence electrons. The van der Waals surface area contributed by atoms with Gasteiger partial charge in [-0.25, -0.2) is 13.6 Å². The average molecular weight is 466 g/mol. The first-order valence-corrected chi connectivity index (χ1v) is 10.6. The van der Waals surface area contributed by atoms with Crippen LogP contribution in [0.4, 0.5) is 8.78 Å². The molecule has 0 aliphatic rings. The predicted octanol–water partition coefficient (Wildman–Crippen LogP) is 4.18. The fraction of sp³-hybridized carbons (Fsp3) is 0.300. The highest BCUT2D eigenvalue weighted by Gasteiger charge is 2.19. The molecule has 0 saturated carbocycles. The Morgan fingerprint density at radius 1 is 1.25 bits per heavy atom. The van der Waals surface area contributed by atoms with Crippen molar-refractivity contribution < 1.29 is 32.2 Å². The van der Waals surface area contributed by atoms with Crippen molar-refractivity contribution in [2.75, 3.05) is 20.0 Å². The number of furan rings is 1. The molecule has 3 rings (SSSR count). The highest BCUT2D eigenvalue weighted by Crippen LogP contribution is 2.29. The number of aromatic nitrogens is 3. The summed E-state index contributed by atoms with van der Waals surface area (Å²) in [7, 11) is 1.26. The summed E-state index contributed by atoms with van der Waals surface area (Å²) in [4.78, 5) is 11.5. The predicted molar refractivity (Wildman–Crippen MR) is 112 cm³/mol. The second-order valence-electron chi connectivity index (χ2n) is 6.09. The van der Waals surface area contributed by atoms with E-state index in [-0.39, 0.29) is 17.5 Å². The molecule has 0 atom stereocenters. The largest absolute Gasteiger partial charge is 0.490 e. The third-order valence-corrected chi connectivity index (χ3v) is 4.64. The molecule has 9 nitrogen and oxygen atoms in total. The van der Waals surface area contributed by atoms with Crippen molar-refractivity contribution in [3.63, 3.8) is 0 Å². The molecule has 0 saturated heterocycles. The number of esters is 1. The molecular formula is C20H20F2N4O5S. The number of methoxy groups -OCH3 is 1. The highest BCUT2D eigenvalue weighted by atomic mass is 32.2. The van der Waals surface area contributed by atoms with E-state index < -0.39 is 18.2 Å². The summed E-state index contributed by atoms with van der Waals surface area (Å²) in [6, 6.07) is 8.11. The zero-order chi connectivity index (χ0) is 23.1. The van der Waals surface area contributed by atoms with Crippen molar-refractivity contribution in [1.82, 2.24) is 14.9 Å². The van der Waals surface area contributed by atoms with Gasteiger partial charge in [0.2, 0.25) is 16.7 Å². The van der Waals surface area contributed by atoms with Crippen LogP contribution < -0.4 is 9.47 Å². The van der Waals surface area contributed by atoms with Crippen LogP contribution in [0, 0.1) is 0 Å². The normalized spacial score (nSPS) is 11.3. The van der Waals surface area contributed by atoms with Gasteiger partial charge in [-0.15, -0.1) is 10.2 Å². The topological polar surface area (TPSA) is 101 Å². The van der Waals surface area contributed by atoms with Gasteiger partial charge in [-0.2, -0.15) is 9.78 Å². The van der Waals surface area contributed by atoms with Gasteiger partial charge in [0, 0.05) is 0 Å². The second-order valence-corrected chi connectivity index (χ2v) is 6.86. The van der Waals surface area contributed by atoms with Gasteiger partial charge in [-0.1, -0.05) is 11.8 Å². The van der Waals surface area contributed by atoms with Crippen LogP contribution in [0.2, 0.25) is 0 Å². The summed E-state index contributed by atoms with van der Waals surface area (Å²) >= 11 is 1.15. The molecule has 0 amide bonds. The molecule has 0 aliphatic carbocycles. The lowest BCUT2D eigenvalue weighted by Gasteiger charge is -2.12. The Bertz CT molecular complexity index is 1100. The Balaban J connectivity index is 1.77. The van der Waals surface area contributed by atoms with Crippen LogP contribution in [0.25, 0.3) is 0 Å². The fourth-order valence-corrected chi connectivity index (χ4v) is 3.02. The molecule has 2 aromatic heterocycles. The number of rotatable bonds is 10. The number of carbonyl (C=O) groups excluding carboxylic acids is 1. The minimum Gasteiger partial charge on any atom is -0.490 e. The van der Waals surface area contributed by atoms with E-state index in [0.717, 1.165) is 16.4 Å². The zero-order valence-corrected chi connectivity index (χ0v) is 18.3. The van der Waals surface area contributed by atoms with Crippen molar-refractivity contribution in [2.45, 2.75) is 25.1 Å². The smallest absolute Gasteiger partial charge is 0.373 e. The van der Waals surface area contributed by atoms with Gasteiger partial charge in [0.25, 0.3) is 6.43 Å². The van der Waals surface area contributed by atoms with Crippen molar-refractivity contribution >= 4 is 23.9 Å². The van der Waals surface area contributed by atoms with E-state index >= 15 is 0 Å². The number of hydrogen-bond donors (Lipinski definition) is 0. The van der Waals surface area contributed by atoms with Crippen molar-refractivity contribution in [1.29, 1.82) is 0 Å². The molecule has 12 heteroatoms. The van der Waals surface area contributed by atoms with Gasteiger partial charge in [-0.3, -0.25) is 0 Å². The molecule has 0 bridgehead atoms. The number of ether oxygens (including phenoxy) is 3. The van der Waals surface area contributed by atoms with E-state index in [1.54, 1.807) is 30.5 Å². The van der Waals surface area contributed by atoms with Crippen LogP contribution in [0.3, 0.4) is 0 Å². The number of benzene rings is 1. The average Bonchev–Trinajstić information content (AvgIpc) is 3.43. The molecule has 0 N–H and O–H groups in total. The fourth-order valence-electron chi connectivity index (χ4n) is 2.58. The van der Waals surface area contributed by atoms with Crippen LogP contribution in [0.15, 0.2) is 45.0 Å². The van der Waals surface area contributed by atoms with Crippen LogP contribution in [0.1, 0.15) is 41.1 Å². The lowest BCUT2D eigenvalue weighted by Crippen LogP contribution is -2.02. The van der Waals surface area contributed by atoms with E-state index in [2.05, 4.69) is 20.0 Å². The number of carbonyl (C=O) groups is 1. The summed E-state index contributed by atoms with van der Waals surface area (Å²) in [5, 5.41) is 11.5. The number of alkyl halides is 2. The Morgan fingerprint density at radius 3 is 2.75 bits per heavy atom. The molecule has 0 aliphatic heterocycles. The number of halogens is 2. The Labute approximate surface area is 186 Å². The molecule has 32 heavy (non-hydrogen) atoms. The lowest BCUT2D eigenvalue weighted by atomic mass is 10.2. The Morgan fingerprint density at radius 2 is 2.06 bits per heavy atom. The van der Waals surface area contributed by atoms with E-state index in [4.69, 9.17) is 13.9 Å². The summed E-state index contributed by atoms with van der Waals surface area (Å²) < 4.78 is 48.6. The third-order valence-electron chi connectivity index (χ3n) is 4.02. The van der Waals surface area contributed by atoms with Gasteiger partial charge in [0.05, 0.1) is 19.9 Å². The van der Waals surface area contributed by atoms with E-state index in [0.29, 0.717) is 29.4 Å². The van der Waals surface area contributed by atoms with E-state index in [1.807, 2.05) is 6.92 Å². The quantitative estimate of drug-likeness (QED) is 0.249.